The molecule has 1 N–H and O–H groups in total. The Hall–Kier alpha value is -1.72. The quantitative estimate of drug-likeness (QED) is 0.880. The van der Waals surface area contributed by atoms with Crippen molar-refractivity contribution in [2.75, 3.05) is 13.1 Å². The molecule has 1 aromatic carbocycles. The molecule has 98 valence electrons. The number of ether oxygens (including phenoxy) is 1. The van der Waals surface area contributed by atoms with E-state index in [-0.39, 0.29) is 6.10 Å². The molecule has 4 rings (SSSR count). The van der Waals surface area contributed by atoms with Gasteiger partial charge in [-0.3, -0.25) is 10.00 Å². The second-order valence-corrected chi connectivity index (χ2v) is 5.31. The summed E-state index contributed by atoms with van der Waals surface area (Å²) in [5, 5.41) is 11.0. The lowest BCUT2D eigenvalue weighted by molar-refractivity contribution is 0.0223. The summed E-state index contributed by atoms with van der Waals surface area (Å²) in [6.07, 6.45) is 0.276. The molecule has 0 amide bonds. The Morgan fingerprint density at radius 2 is 2.16 bits per heavy atom. The SMILES string of the molecule is c1ccc(CN2C[C@@H]3OCc4nn[nH]c4[C@@H]3C2)cc1. The van der Waals surface area contributed by atoms with E-state index in [1.54, 1.807) is 0 Å². The van der Waals surface area contributed by atoms with E-state index in [1.807, 2.05) is 0 Å². The zero-order chi connectivity index (χ0) is 12.7. The van der Waals surface area contributed by atoms with E-state index in [0.29, 0.717) is 12.5 Å². The monoisotopic (exact) mass is 256 g/mol. The molecule has 2 aliphatic rings. The first-order valence-corrected chi connectivity index (χ1v) is 6.68. The van der Waals surface area contributed by atoms with E-state index in [9.17, 15) is 0 Å². The van der Waals surface area contributed by atoms with Crippen LogP contribution in [0.25, 0.3) is 0 Å². The molecule has 1 saturated heterocycles. The van der Waals surface area contributed by atoms with Crippen LogP contribution in [0.4, 0.5) is 0 Å². The first kappa shape index (κ1) is 11.1. The maximum absolute atomic E-state index is 5.89. The third kappa shape index (κ3) is 1.95. The molecule has 2 aromatic rings. The molecule has 5 nitrogen and oxygen atoms in total. The van der Waals surface area contributed by atoms with Crippen molar-refractivity contribution in [3.8, 4) is 0 Å². The van der Waals surface area contributed by atoms with Gasteiger partial charge in [-0.2, -0.15) is 0 Å². The van der Waals surface area contributed by atoms with E-state index in [2.05, 4.69) is 50.6 Å². The van der Waals surface area contributed by atoms with Gasteiger partial charge in [-0.1, -0.05) is 35.5 Å². The molecule has 2 atom stereocenters. The lowest BCUT2D eigenvalue weighted by Crippen LogP contribution is -2.27. The van der Waals surface area contributed by atoms with Crippen LogP contribution in [0, 0.1) is 0 Å². The van der Waals surface area contributed by atoms with Gasteiger partial charge in [-0.25, -0.2) is 0 Å². The van der Waals surface area contributed by atoms with Gasteiger partial charge in [0.1, 0.15) is 5.69 Å². The summed E-state index contributed by atoms with van der Waals surface area (Å²) in [7, 11) is 0. The van der Waals surface area contributed by atoms with E-state index < -0.39 is 0 Å². The summed E-state index contributed by atoms with van der Waals surface area (Å²) in [6, 6.07) is 10.6. The van der Waals surface area contributed by atoms with Crippen molar-refractivity contribution in [1.29, 1.82) is 0 Å². The molecular formula is C14H16N4O. The fraction of sp³-hybridized carbons (Fsp3) is 0.429. The fourth-order valence-electron chi connectivity index (χ4n) is 3.12. The molecule has 0 saturated carbocycles. The molecule has 0 aliphatic carbocycles. The van der Waals surface area contributed by atoms with Crippen molar-refractivity contribution in [1.82, 2.24) is 20.3 Å². The lowest BCUT2D eigenvalue weighted by Gasteiger charge is -2.22. The second-order valence-electron chi connectivity index (χ2n) is 5.31. The van der Waals surface area contributed by atoms with Crippen LogP contribution in [-0.2, 0) is 17.9 Å². The summed E-state index contributed by atoms with van der Waals surface area (Å²) < 4.78 is 5.89. The van der Waals surface area contributed by atoms with Crippen molar-refractivity contribution in [3.05, 3.63) is 47.3 Å². The van der Waals surface area contributed by atoms with Crippen LogP contribution in [-0.4, -0.2) is 39.5 Å². The number of fused-ring (bicyclic) bond motifs is 3. The third-order valence-corrected chi connectivity index (χ3v) is 4.05. The van der Waals surface area contributed by atoms with Gasteiger partial charge in [0, 0.05) is 25.6 Å². The van der Waals surface area contributed by atoms with Gasteiger partial charge >= 0.3 is 0 Å². The predicted molar refractivity (Wildman–Crippen MR) is 69.4 cm³/mol. The Balaban J connectivity index is 1.52. The first-order valence-electron chi connectivity index (χ1n) is 6.68. The van der Waals surface area contributed by atoms with Gasteiger partial charge < -0.3 is 4.74 Å². The summed E-state index contributed by atoms with van der Waals surface area (Å²) in [4.78, 5) is 2.45. The zero-order valence-electron chi connectivity index (χ0n) is 10.6. The smallest absolute Gasteiger partial charge is 0.112 e. The number of aromatic amines is 1. The van der Waals surface area contributed by atoms with Crippen LogP contribution in [0.1, 0.15) is 22.9 Å². The van der Waals surface area contributed by atoms with E-state index in [1.165, 1.54) is 11.3 Å². The molecule has 5 heteroatoms. The Morgan fingerprint density at radius 3 is 3.05 bits per heavy atom. The van der Waals surface area contributed by atoms with Gasteiger partial charge in [0.15, 0.2) is 0 Å². The van der Waals surface area contributed by atoms with Gasteiger partial charge in [-0.15, -0.1) is 5.10 Å². The van der Waals surface area contributed by atoms with Crippen LogP contribution in [0.5, 0.6) is 0 Å². The minimum atomic E-state index is 0.276. The molecule has 0 bridgehead atoms. The third-order valence-electron chi connectivity index (χ3n) is 4.05. The average Bonchev–Trinajstić information content (AvgIpc) is 3.04. The second kappa shape index (κ2) is 4.43. The number of nitrogens with one attached hydrogen (secondary N) is 1. The number of rotatable bonds is 2. The van der Waals surface area contributed by atoms with E-state index in [0.717, 1.165) is 25.3 Å². The van der Waals surface area contributed by atoms with Crippen LogP contribution < -0.4 is 0 Å². The first-order chi connectivity index (χ1) is 9.40. The zero-order valence-corrected chi connectivity index (χ0v) is 10.6. The molecule has 0 radical (unpaired) electrons. The minimum absolute atomic E-state index is 0.276. The highest BCUT2D eigenvalue weighted by Crippen LogP contribution is 2.34. The highest BCUT2D eigenvalue weighted by Gasteiger charge is 2.40. The minimum Gasteiger partial charge on any atom is -0.370 e. The van der Waals surface area contributed by atoms with Crippen LogP contribution in [0.3, 0.4) is 0 Å². The molecule has 3 heterocycles. The molecule has 1 fully saturated rings. The molecule has 2 aliphatic heterocycles. The van der Waals surface area contributed by atoms with Gasteiger partial charge in [0.25, 0.3) is 0 Å². The number of aromatic nitrogens is 3. The summed E-state index contributed by atoms with van der Waals surface area (Å²) in [6.45, 7) is 3.56. The Kier molecular flexibility index (Phi) is 2.60. The van der Waals surface area contributed by atoms with E-state index >= 15 is 0 Å². The maximum Gasteiger partial charge on any atom is 0.112 e. The van der Waals surface area contributed by atoms with Crippen LogP contribution in [0.2, 0.25) is 0 Å². The van der Waals surface area contributed by atoms with Crippen molar-refractivity contribution >= 4 is 0 Å². The van der Waals surface area contributed by atoms with Crippen LogP contribution >= 0.6 is 0 Å². The van der Waals surface area contributed by atoms with E-state index in [4.69, 9.17) is 4.74 Å². The Morgan fingerprint density at radius 1 is 1.26 bits per heavy atom. The number of benzene rings is 1. The lowest BCUT2D eigenvalue weighted by atomic mass is 9.98. The molecule has 1 aromatic heterocycles. The molecule has 0 unspecified atom stereocenters. The Bertz CT molecular complexity index is 568. The van der Waals surface area contributed by atoms with Gasteiger partial charge in [0.05, 0.1) is 18.4 Å². The number of nitrogens with zero attached hydrogens (tertiary/aromatic N) is 3. The van der Waals surface area contributed by atoms with Crippen molar-refractivity contribution < 1.29 is 4.74 Å². The molecule has 0 spiro atoms. The highest BCUT2D eigenvalue weighted by molar-refractivity contribution is 5.22. The summed E-state index contributed by atoms with van der Waals surface area (Å²) in [5.41, 5.74) is 3.50. The number of likely N-dealkylation sites (tertiary alicyclic amines) is 1. The van der Waals surface area contributed by atoms with Crippen molar-refractivity contribution in [2.45, 2.75) is 25.2 Å². The fourth-order valence-corrected chi connectivity index (χ4v) is 3.12. The van der Waals surface area contributed by atoms with Crippen LogP contribution in [0.15, 0.2) is 30.3 Å². The topological polar surface area (TPSA) is 54.0 Å². The summed E-state index contributed by atoms with van der Waals surface area (Å²) >= 11 is 0. The summed E-state index contributed by atoms with van der Waals surface area (Å²) in [5.74, 6) is 0.391. The average molecular weight is 256 g/mol. The number of hydrogen-bond acceptors (Lipinski definition) is 4. The largest absolute Gasteiger partial charge is 0.370 e. The standard InChI is InChI=1S/C14H16N4O/c1-2-4-10(5-3-1)6-18-7-11-13(8-18)19-9-12-14(11)16-17-15-12/h1-5,11,13H,6-9H2,(H,15,16,17)/t11-,13+/m1/s1. The molecular weight excluding hydrogens is 240 g/mol. The van der Waals surface area contributed by atoms with Crippen molar-refractivity contribution in [2.24, 2.45) is 0 Å². The molecule has 19 heavy (non-hydrogen) atoms. The Labute approximate surface area is 111 Å². The number of H-pyrrole nitrogens is 1. The maximum atomic E-state index is 5.89. The normalized spacial score (nSPS) is 26.1. The van der Waals surface area contributed by atoms with Gasteiger partial charge in [0.2, 0.25) is 0 Å². The predicted octanol–water partition coefficient (Wildman–Crippen LogP) is 1.30. The van der Waals surface area contributed by atoms with Gasteiger partial charge in [-0.05, 0) is 5.56 Å². The number of hydrogen-bond donors (Lipinski definition) is 1. The highest BCUT2D eigenvalue weighted by atomic mass is 16.5. The van der Waals surface area contributed by atoms with Crippen molar-refractivity contribution in [3.63, 3.8) is 0 Å².